The van der Waals surface area contributed by atoms with Gasteiger partial charge in [-0.1, -0.05) is 11.6 Å². The van der Waals surface area contributed by atoms with Gasteiger partial charge in [-0.3, -0.25) is 4.72 Å². The monoisotopic (exact) mass is 332 g/mol. The van der Waals surface area contributed by atoms with Gasteiger partial charge < -0.3 is 5.11 Å². The van der Waals surface area contributed by atoms with E-state index in [-0.39, 0.29) is 15.6 Å². The minimum Gasteiger partial charge on any atom is -0.477 e. The van der Waals surface area contributed by atoms with E-state index in [0.717, 1.165) is 11.3 Å². The van der Waals surface area contributed by atoms with Gasteiger partial charge in [0, 0.05) is 6.20 Å². The third-order valence-electron chi connectivity index (χ3n) is 2.35. The molecule has 106 valence electrons. The first-order chi connectivity index (χ1) is 9.31. The number of carbonyl (C=O) groups is 1. The number of nitrogens with zero attached hydrogens (tertiary/aromatic N) is 1. The molecule has 0 aliphatic carbocycles. The van der Waals surface area contributed by atoms with Crippen LogP contribution < -0.4 is 4.72 Å². The Kier molecular flexibility index (Phi) is 3.98. The number of thiophene rings is 1. The number of pyridine rings is 1. The van der Waals surface area contributed by atoms with Crippen LogP contribution >= 0.6 is 22.9 Å². The molecule has 0 fully saturated rings. The van der Waals surface area contributed by atoms with Crippen molar-refractivity contribution in [2.75, 3.05) is 4.72 Å². The maximum Gasteiger partial charge on any atom is 0.347 e. The zero-order chi connectivity index (χ0) is 14.9. The normalized spacial score (nSPS) is 11.3. The highest BCUT2D eigenvalue weighted by Crippen LogP contribution is 2.28. The van der Waals surface area contributed by atoms with Crippen molar-refractivity contribution in [3.8, 4) is 0 Å². The predicted octanol–water partition coefficient (Wildman–Crippen LogP) is 2.60. The highest BCUT2D eigenvalue weighted by atomic mass is 35.5. The lowest BCUT2D eigenvalue weighted by molar-refractivity contribution is 0.0698. The SMILES string of the molecule is Cc1csc(C(=O)O)c1S(=O)(=O)Nc1ccc(Cl)cn1. The largest absolute Gasteiger partial charge is 0.477 e. The number of carboxylic acid groups (broad SMARTS) is 1. The Bertz CT molecular complexity index is 753. The summed E-state index contributed by atoms with van der Waals surface area (Å²) >= 11 is 6.52. The molecule has 0 amide bonds. The van der Waals surface area contributed by atoms with E-state index < -0.39 is 16.0 Å². The average molecular weight is 333 g/mol. The third kappa shape index (κ3) is 2.92. The molecule has 0 saturated heterocycles. The molecule has 0 saturated carbocycles. The fourth-order valence-corrected chi connectivity index (χ4v) is 4.29. The molecule has 0 atom stereocenters. The second-order valence-electron chi connectivity index (χ2n) is 3.85. The van der Waals surface area contributed by atoms with Crippen molar-refractivity contribution in [2.24, 2.45) is 0 Å². The Labute approximate surface area is 124 Å². The molecule has 0 unspecified atom stereocenters. The first-order valence-corrected chi connectivity index (χ1v) is 8.01. The Morgan fingerprint density at radius 3 is 2.70 bits per heavy atom. The minimum absolute atomic E-state index is 0.0661. The first-order valence-electron chi connectivity index (χ1n) is 5.27. The van der Waals surface area contributed by atoms with E-state index in [1.165, 1.54) is 30.6 Å². The number of halogens is 1. The predicted molar refractivity (Wildman–Crippen MR) is 76.1 cm³/mol. The summed E-state index contributed by atoms with van der Waals surface area (Å²) in [6, 6.07) is 2.87. The molecule has 20 heavy (non-hydrogen) atoms. The number of hydrogen-bond acceptors (Lipinski definition) is 5. The number of rotatable bonds is 4. The van der Waals surface area contributed by atoms with Crippen molar-refractivity contribution in [1.82, 2.24) is 4.98 Å². The summed E-state index contributed by atoms with van der Waals surface area (Å²) in [6.07, 6.45) is 1.29. The van der Waals surface area contributed by atoms with E-state index in [4.69, 9.17) is 16.7 Å². The number of aromatic nitrogens is 1. The smallest absolute Gasteiger partial charge is 0.347 e. The number of aromatic carboxylic acids is 1. The number of carboxylic acids is 1. The highest BCUT2D eigenvalue weighted by molar-refractivity contribution is 7.93. The fraction of sp³-hybridized carbons (Fsp3) is 0.0909. The fourth-order valence-electron chi connectivity index (χ4n) is 1.54. The lowest BCUT2D eigenvalue weighted by Crippen LogP contribution is -2.17. The molecular weight excluding hydrogens is 324 g/mol. The summed E-state index contributed by atoms with van der Waals surface area (Å²) in [4.78, 5) is 14.4. The van der Waals surface area contributed by atoms with Gasteiger partial charge in [-0.2, -0.15) is 0 Å². The lowest BCUT2D eigenvalue weighted by Gasteiger charge is -2.08. The van der Waals surface area contributed by atoms with Crippen LogP contribution in [0.25, 0.3) is 0 Å². The molecule has 6 nitrogen and oxygen atoms in total. The van der Waals surface area contributed by atoms with Crippen molar-refractivity contribution < 1.29 is 18.3 Å². The summed E-state index contributed by atoms with van der Waals surface area (Å²) < 4.78 is 26.7. The summed E-state index contributed by atoms with van der Waals surface area (Å²) in [7, 11) is -4.02. The van der Waals surface area contributed by atoms with Gasteiger partial charge in [-0.25, -0.2) is 18.2 Å². The maximum atomic E-state index is 12.3. The van der Waals surface area contributed by atoms with Crippen LogP contribution in [0.1, 0.15) is 15.2 Å². The molecule has 2 aromatic heterocycles. The molecule has 0 radical (unpaired) electrons. The highest BCUT2D eigenvalue weighted by Gasteiger charge is 2.27. The zero-order valence-corrected chi connectivity index (χ0v) is 12.5. The second kappa shape index (κ2) is 5.39. The third-order valence-corrected chi connectivity index (χ3v) is 5.33. The summed E-state index contributed by atoms with van der Waals surface area (Å²) in [6.45, 7) is 1.53. The van der Waals surface area contributed by atoms with E-state index in [2.05, 4.69) is 9.71 Å². The van der Waals surface area contributed by atoms with Crippen LogP contribution in [0.3, 0.4) is 0 Å². The van der Waals surface area contributed by atoms with Crippen LogP contribution in [0.5, 0.6) is 0 Å². The molecule has 0 spiro atoms. The van der Waals surface area contributed by atoms with Gasteiger partial charge in [0.1, 0.15) is 15.6 Å². The molecule has 0 bridgehead atoms. The molecule has 2 heterocycles. The van der Waals surface area contributed by atoms with Gasteiger partial charge in [0.2, 0.25) is 0 Å². The second-order valence-corrected chi connectivity index (χ2v) is 6.78. The average Bonchev–Trinajstić information content (AvgIpc) is 2.75. The van der Waals surface area contributed by atoms with Crippen molar-refractivity contribution in [1.29, 1.82) is 0 Å². The minimum atomic E-state index is -4.02. The van der Waals surface area contributed by atoms with E-state index in [1.807, 2.05) is 0 Å². The number of aryl methyl sites for hydroxylation is 1. The molecule has 9 heteroatoms. The number of hydrogen-bond donors (Lipinski definition) is 2. The van der Waals surface area contributed by atoms with Crippen LogP contribution in [0.2, 0.25) is 5.02 Å². The van der Waals surface area contributed by atoms with E-state index in [9.17, 15) is 13.2 Å². The van der Waals surface area contributed by atoms with Gasteiger partial charge in [-0.05, 0) is 30.0 Å². The van der Waals surface area contributed by atoms with Gasteiger partial charge in [0.15, 0.2) is 0 Å². The van der Waals surface area contributed by atoms with Crippen LogP contribution in [0.15, 0.2) is 28.6 Å². The molecule has 0 aliphatic rings. The van der Waals surface area contributed by atoms with Crippen LogP contribution in [0.4, 0.5) is 5.82 Å². The van der Waals surface area contributed by atoms with Crippen LogP contribution in [0, 0.1) is 6.92 Å². The van der Waals surface area contributed by atoms with E-state index in [1.54, 1.807) is 0 Å². The molecular formula is C11H9ClN2O4S2. The molecule has 2 N–H and O–H groups in total. The number of anilines is 1. The Balaban J connectivity index is 2.43. The Hall–Kier alpha value is -1.64. The zero-order valence-electron chi connectivity index (χ0n) is 10.1. The first kappa shape index (κ1) is 14.8. The summed E-state index contributed by atoms with van der Waals surface area (Å²) in [5, 5.41) is 10.9. The van der Waals surface area contributed by atoms with Crippen LogP contribution in [-0.4, -0.2) is 24.5 Å². The molecule has 0 aromatic carbocycles. The quantitative estimate of drug-likeness (QED) is 0.897. The van der Waals surface area contributed by atoms with Crippen molar-refractivity contribution in [2.45, 2.75) is 11.8 Å². The standard InChI is InChI=1S/C11H9ClN2O4S2/c1-6-5-19-9(11(15)16)10(6)20(17,18)14-8-3-2-7(12)4-13-8/h2-5H,1H3,(H,13,14)(H,15,16). The van der Waals surface area contributed by atoms with E-state index in [0.29, 0.717) is 10.6 Å². The van der Waals surface area contributed by atoms with Gasteiger partial charge >= 0.3 is 5.97 Å². The number of nitrogens with one attached hydrogen (secondary N) is 1. The van der Waals surface area contributed by atoms with E-state index >= 15 is 0 Å². The van der Waals surface area contributed by atoms with Crippen molar-refractivity contribution in [3.63, 3.8) is 0 Å². The summed E-state index contributed by atoms with van der Waals surface area (Å²) in [5.41, 5.74) is 0.369. The number of sulfonamides is 1. The molecule has 2 aromatic rings. The van der Waals surface area contributed by atoms with Gasteiger partial charge in [0.05, 0.1) is 5.02 Å². The topological polar surface area (TPSA) is 96.4 Å². The molecule has 2 rings (SSSR count). The van der Waals surface area contributed by atoms with Gasteiger partial charge in [-0.15, -0.1) is 11.3 Å². The van der Waals surface area contributed by atoms with Gasteiger partial charge in [0.25, 0.3) is 10.0 Å². The van der Waals surface area contributed by atoms with Crippen molar-refractivity contribution in [3.05, 3.63) is 39.2 Å². The lowest BCUT2D eigenvalue weighted by atomic mass is 10.3. The molecule has 0 aliphatic heterocycles. The van der Waals surface area contributed by atoms with Crippen molar-refractivity contribution >= 4 is 44.7 Å². The Morgan fingerprint density at radius 2 is 2.15 bits per heavy atom. The van der Waals surface area contributed by atoms with Crippen LogP contribution in [-0.2, 0) is 10.0 Å². The summed E-state index contributed by atoms with van der Waals surface area (Å²) in [5.74, 6) is -1.22. The Morgan fingerprint density at radius 1 is 1.45 bits per heavy atom. The maximum absolute atomic E-state index is 12.3.